The first-order chi connectivity index (χ1) is 9.04. The lowest BCUT2D eigenvalue weighted by molar-refractivity contribution is -0.125. The molecule has 1 atom stereocenters. The number of hydrogen-bond acceptors (Lipinski definition) is 3. The topological polar surface area (TPSA) is 70.2 Å². The van der Waals surface area contributed by atoms with Gasteiger partial charge in [-0.3, -0.25) is 9.59 Å². The van der Waals surface area contributed by atoms with E-state index in [1.165, 1.54) is 7.05 Å². The summed E-state index contributed by atoms with van der Waals surface area (Å²) in [5, 5.41) is 8.65. The Labute approximate surface area is 117 Å². The molecule has 104 valence electrons. The van der Waals surface area contributed by atoms with E-state index in [2.05, 4.69) is 16.0 Å². The number of amides is 2. The minimum atomic E-state index is -0.234. The Balaban J connectivity index is 2.38. The van der Waals surface area contributed by atoms with Crippen molar-refractivity contribution in [3.05, 3.63) is 34.9 Å². The van der Waals surface area contributed by atoms with Crippen LogP contribution in [0.1, 0.15) is 18.5 Å². The molecular weight excluding hydrogens is 266 g/mol. The molecule has 1 aromatic rings. The average Bonchev–Trinajstić information content (AvgIpc) is 2.42. The standard InChI is InChI=1S/C13H18ClN3O2/c1-9(10-5-3-4-6-11(10)14)16-8-13(19)17-7-12(18)15-2/h3-6,9,16H,7-8H2,1-2H3,(H,15,18)(H,17,19)/t9-/m1/s1. The van der Waals surface area contributed by atoms with E-state index in [1.54, 1.807) is 6.07 Å². The predicted octanol–water partition coefficient (Wildman–Crippen LogP) is 0.853. The van der Waals surface area contributed by atoms with Crippen LogP contribution >= 0.6 is 11.6 Å². The number of nitrogens with one attached hydrogen (secondary N) is 3. The van der Waals surface area contributed by atoms with Gasteiger partial charge in [0.25, 0.3) is 0 Å². The first-order valence-corrected chi connectivity index (χ1v) is 6.37. The normalized spacial score (nSPS) is 11.7. The second-order valence-electron chi connectivity index (χ2n) is 4.07. The van der Waals surface area contributed by atoms with Gasteiger partial charge in [0, 0.05) is 18.1 Å². The maximum absolute atomic E-state index is 11.5. The highest BCUT2D eigenvalue weighted by Crippen LogP contribution is 2.21. The van der Waals surface area contributed by atoms with Crippen molar-refractivity contribution in [3.8, 4) is 0 Å². The van der Waals surface area contributed by atoms with Crippen LogP contribution in [0.2, 0.25) is 5.02 Å². The number of benzene rings is 1. The number of hydrogen-bond donors (Lipinski definition) is 3. The SMILES string of the molecule is CNC(=O)CNC(=O)CN[C@H](C)c1ccccc1Cl. The van der Waals surface area contributed by atoms with Gasteiger partial charge in [-0.25, -0.2) is 0 Å². The fourth-order valence-electron chi connectivity index (χ4n) is 1.51. The van der Waals surface area contributed by atoms with Gasteiger partial charge in [-0.2, -0.15) is 0 Å². The molecule has 0 aromatic heterocycles. The summed E-state index contributed by atoms with van der Waals surface area (Å²) in [4.78, 5) is 22.5. The maximum atomic E-state index is 11.5. The molecule has 0 fully saturated rings. The predicted molar refractivity (Wildman–Crippen MR) is 74.9 cm³/mol. The lowest BCUT2D eigenvalue weighted by Gasteiger charge is -2.15. The van der Waals surface area contributed by atoms with E-state index in [1.807, 2.05) is 25.1 Å². The number of carbonyl (C=O) groups excluding carboxylic acids is 2. The molecule has 0 heterocycles. The summed E-state index contributed by atoms with van der Waals surface area (Å²) in [6, 6.07) is 7.42. The Morgan fingerprint density at radius 3 is 2.53 bits per heavy atom. The Morgan fingerprint density at radius 2 is 1.89 bits per heavy atom. The first-order valence-electron chi connectivity index (χ1n) is 5.99. The monoisotopic (exact) mass is 283 g/mol. The van der Waals surface area contributed by atoms with Crippen LogP contribution in [0, 0.1) is 0 Å². The van der Waals surface area contributed by atoms with Crippen LogP contribution in [-0.2, 0) is 9.59 Å². The molecule has 0 saturated carbocycles. The van der Waals surface area contributed by atoms with Crippen LogP contribution in [0.15, 0.2) is 24.3 Å². The van der Waals surface area contributed by atoms with E-state index in [-0.39, 0.29) is 30.9 Å². The third-order valence-corrected chi connectivity index (χ3v) is 3.01. The van der Waals surface area contributed by atoms with E-state index in [9.17, 15) is 9.59 Å². The van der Waals surface area contributed by atoms with Crippen molar-refractivity contribution in [2.24, 2.45) is 0 Å². The molecule has 0 spiro atoms. The zero-order valence-electron chi connectivity index (χ0n) is 11.0. The molecule has 0 radical (unpaired) electrons. The van der Waals surface area contributed by atoms with E-state index >= 15 is 0 Å². The number of rotatable bonds is 6. The Morgan fingerprint density at radius 1 is 1.21 bits per heavy atom. The fourth-order valence-corrected chi connectivity index (χ4v) is 1.81. The molecule has 19 heavy (non-hydrogen) atoms. The van der Waals surface area contributed by atoms with E-state index < -0.39 is 0 Å². The van der Waals surface area contributed by atoms with Gasteiger partial charge in [-0.15, -0.1) is 0 Å². The molecule has 6 heteroatoms. The van der Waals surface area contributed by atoms with Gasteiger partial charge >= 0.3 is 0 Å². The molecule has 0 aliphatic rings. The summed E-state index contributed by atoms with van der Waals surface area (Å²) in [5.74, 6) is -0.463. The Bertz CT molecular complexity index is 451. The molecular formula is C13H18ClN3O2. The van der Waals surface area contributed by atoms with Gasteiger partial charge in [0.05, 0.1) is 13.1 Å². The van der Waals surface area contributed by atoms with E-state index in [4.69, 9.17) is 11.6 Å². The highest BCUT2D eigenvalue weighted by Gasteiger charge is 2.10. The molecule has 0 saturated heterocycles. The fraction of sp³-hybridized carbons (Fsp3) is 0.385. The summed E-state index contributed by atoms with van der Waals surface area (Å²) < 4.78 is 0. The lowest BCUT2D eigenvalue weighted by atomic mass is 10.1. The van der Waals surface area contributed by atoms with Crippen molar-refractivity contribution < 1.29 is 9.59 Å². The zero-order valence-corrected chi connectivity index (χ0v) is 11.8. The highest BCUT2D eigenvalue weighted by atomic mass is 35.5. The first kappa shape index (κ1) is 15.5. The largest absolute Gasteiger partial charge is 0.358 e. The third-order valence-electron chi connectivity index (χ3n) is 2.67. The second kappa shape index (κ2) is 7.76. The van der Waals surface area contributed by atoms with Crippen LogP contribution in [-0.4, -0.2) is 32.0 Å². The maximum Gasteiger partial charge on any atom is 0.239 e. The average molecular weight is 284 g/mol. The highest BCUT2D eigenvalue weighted by molar-refractivity contribution is 6.31. The van der Waals surface area contributed by atoms with Gasteiger partial charge in [0.1, 0.15) is 0 Å². The van der Waals surface area contributed by atoms with Crippen LogP contribution in [0.3, 0.4) is 0 Å². The number of likely N-dealkylation sites (N-methyl/N-ethyl adjacent to an activating group) is 1. The van der Waals surface area contributed by atoms with E-state index in [0.717, 1.165) is 5.56 Å². The molecule has 0 aliphatic carbocycles. The molecule has 1 aromatic carbocycles. The van der Waals surface area contributed by atoms with Gasteiger partial charge in [-0.1, -0.05) is 29.8 Å². The molecule has 0 aliphatic heterocycles. The van der Waals surface area contributed by atoms with Crippen LogP contribution < -0.4 is 16.0 Å². The Kier molecular flexibility index (Phi) is 6.32. The summed E-state index contributed by atoms with van der Waals surface area (Å²) in [6.45, 7) is 2.04. The smallest absolute Gasteiger partial charge is 0.239 e. The van der Waals surface area contributed by atoms with Crippen molar-refractivity contribution in [3.63, 3.8) is 0 Å². The van der Waals surface area contributed by atoms with E-state index in [0.29, 0.717) is 5.02 Å². The molecule has 1 rings (SSSR count). The third kappa shape index (κ3) is 5.28. The summed E-state index contributed by atoms with van der Waals surface area (Å²) in [5.41, 5.74) is 0.934. The molecule has 5 nitrogen and oxygen atoms in total. The van der Waals surface area contributed by atoms with Crippen molar-refractivity contribution >= 4 is 23.4 Å². The quantitative estimate of drug-likeness (QED) is 0.725. The molecule has 0 bridgehead atoms. The van der Waals surface area contributed by atoms with Gasteiger partial charge in [-0.05, 0) is 18.6 Å². The molecule has 3 N–H and O–H groups in total. The summed E-state index contributed by atoms with van der Waals surface area (Å²) >= 11 is 6.06. The molecule has 0 unspecified atom stereocenters. The van der Waals surface area contributed by atoms with Gasteiger partial charge in [0.15, 0.2) is 0 Å². The van der Waals surface area contributed by atoms with Crippen molar-refractivity contribution in [2.75, 3.05) is 20.1 Å². The summed E-state index contributed by atoms with van der Waals surface area (Å²) in [6.07, 6.45) is 0. The number of halogens is 1. The van der Waals surface area contributed by atoms with Crippen molar-refractivity contribution in [1.29, 1.82) is 0 Å². The minimum Gasteiger partial charge on any atom is -0.358 e. The van der Waals surface area contributed by atoms with Crippen molar-refractivity contribution in [1.82, 2.24) is 16.0 Å². The lowest BCUT2D eigenvalue weighted by Crippen LogP contribution is -2.40. The van der Waals surface area contributed by atoms with Crippen molar-refractivity contribution in [2.45, 2.75) is 13.0 Å². The van der Waals surface area contributed by atoms with Crippen LogP contribution in [0.4, 0.5) is 0 Å². The van der Waals surface area contributed by atoms with Gasteiger partial charge < -0.3 is 16.0 Å². The van der Waals surface area contributed by atoms with Crippen LogP contribution in [0.25, 0.3) is 0 Å². The number of carbonyl (C=O) groups is 2. The zero-order chi connectivity index (χ0) is 14.3. The minimum absolute atomic E-state index is 0.0164. The van der Waals surface area contributed by atoms with Gasteiger partial charge in [0.2, 0.25) is 11.8 Å². The van der Waals surface area contributed by atoms with Crippen LogP contribution in [0.5, 0.6) is 0 Å². The molecule has 2 amide bonds. The second-order valence-corrected chi connectivity index (χ2v) is 4.48. The summed E-state index contributed by atoms with van der Waals surface area (Å²) in [7, 11) is 1.52. The Hall–Kier alpha value is -1.59.